The molecule has 0 saturated carbocycles. The number of nitrogens with zero attached hydrogens (tertiary/aromatic N) is 4. The zero-order valence-electron chi connectivity index (χ0n) is 19.7. The van der Waals surface area contributed by atoms with E-state index in [9.17, 15) is 4.79 Å². The summed E-state index contributed by atoms with van der Waals surface area (Å²) in [6, 6.07) is 16.0. The van der Waals surface area contributed by atoms with Gasteiger partial charge in [0, 0.05) is 51.0 Å². The molecule has 8 heteroatoms. The van der Waals surface area contributed by atoms with Gasteiger partial charge in [0.1, 0.15) is 11.6 Å². The molecule has 1 saturated heterocycles. The number of benzene rings is 1. The number of nitrogens with one attached hydrogen (secondary N) is 1. The molecule has 7 nitrogen and oxygen atoms in total. The van der Waals surface area contributed by atoms with Crippen molar-refractivity contribution in [2.24, 2.45) is 0 Å². The minimum atomic E-state index is -0.192. The number of rotatable bonds is 9. The van der Waals surface area contributed by atoms with Gasteiger partial charge in [-0.1, -0.05) is 54.2 Å². The summed E-state index contributed by atoms with van der Waals surface area (Å²) in [5.41, 5.74) is 2.18. The fraction of sp³-hybridized carbons (Fsp3) is 0.346. The van der Waals surface area contributed by atoms with Crippen molar-refractivity contribution in [3.63, 3.8) is 0 Å². The second-order valence-corrected chi connectivity index (χ2v) is 9.11. The van der Waals surface area contributed by atoms with E-state index in [0.717, 1.165) is 55.2 Å². The second kappa shape index (κ2) is 11.9. The van der Waals surface area contributed by atoms with Crippen molar-refractivity contribution in [3.05, 3.63) is 77.4 Å². The lowest BCUT2D eigenvalue weighted by molar-refractivity contribution is 0.0927. The minimum absolute atomic E-state index is 0.192. The van der Waals surface area contributed by atoms with Gasteiger partial charge in [0.15, 0.2) is 10.9 Å². The number of carbonyl (C=O) groups excluding carboxylic acids is 1. The second-order valence-electron chi connectivity index (χ2n) is 8.16. The van der Waals surface area contributed by atoms with Gasteiger partial charge in [0.25, 0.3) is 5.91 Å². The molecule has 3 aromatic rings. The average Bonchev–Trinajstić information content (AvgIpc) is 3.33. The Kier molecular flexibility index (Phi) is 8.38. The third-order valence-electron chi connectivity index (χ3n) is 5.56. The number of piperazine rings is 1. The van der Waals surface area contributed by atoms with Crippen LogP contribution in [0.1, 0.15) is 34.5 Å². The van der Waals surface area contributed by atoms with Gasteiger partial charge in [0.2, 0.25) is 0 Å². The summed E-state index contributed by atoms with van der Waals surface area (Å²) in [5, 5.41) is 3.47. The molecule has 0 spiro atoms. The molecular weight excluding hydrogens is 446 g/mol. The highest BCUT2D eigenvalue weighted by Crippen LogP contribution is 2.24. The van der Waals surface area contributed by atoms with E-state index in [1.807, 2.05) is 26.0 Å². The first-order valence-electron chi connectivity index (χ1n) is 11.6. The van der Waals surface area contributed by atoms with Crippen molar-refractivity contribution in [2.45, 2.75) is 24.8 Å². The molecule has 1 amide bonds. The van der Waals surface area contributed by atoms with Crippen LogP contribution >= 0.6 is 11.8 Å². The van der Waals surface area contributed by atoms with Gasteiger partial charge in [-0.3, -0.25) is 9.69 Å². The Bertz CT molecular complexity index is 1110. The van der Waals surface area contributed by atoms with E-state index >= 15 is 0 Å². The van der Waals surface area contributed by atoms with Crippen molar-refractivity contribution in [1.82, 2.24) is 20.2 Å². The quantitative estimate of drug-likeness (QED) is 0.365. The van der Waals surface area contributed by atoms with Crippen molar-refractivity contribution in [2.75, 3.05) is 44.2 Å². The predicted molar refractivity (Wildman–Crippen MR) is 137 cm³/mol. The van der Waals surface area contributed by atoms with Crippen LogP contribution in [0.2, 0.25) is 0 Å². The lowest BCUT2D eigenvalue weighted by Crippen LogP contribution is -2.46. The Balaban J connectivity index is 1.29. The summed E-state index contributed by atoms with van der Waals surface area (Å²) in [4.78, 5) is 26.1. The van der Waals surface area contributed by atoms with Crippen molar-refractivity contribution in [1.29, 1.82) is 0 Å². The summed E-state index contributed by atoms with van der Waals surface area (Å²) >= 11 is 1.52. The number of amides is 1. The topological polar surface area (TPSA) is 74.5 Å². The van der Waals surface area contributed by atoms with Crippen LogP contribution in [0.5, 0.6) is 0 Å². The Morgan fingerprint density at radius 1 is 1.12 bits per heavy atom. The zero-order valence-corrected chi connectivity index (χ0v) is 20.6. The van der Waals surface area contributed by atoms with Crippen LogP contribution in [0.4, 0.5) is 5.82 Å². The van der Waals surface area contributed by atoms with Gasteiger partial charge in [-0.2, -0.15) is 0 Å². The molecule has 0 aliphatic carbocycles. The maximum Gasteiger partial charge on any atom is 0.286 e. The SMILES string of the molecule is CCNC(=O)c1ccc(CSc2nc(C)cc(N3CCN(C/C=C/c4ccccc4)CC3)n2)o1. The number of anilines is 1. The van der Waals surface area contributed by atoms with Crippen LogP contribution in [-0.4, -0.2) is 60.0 Å². The molecule has 3 heterocycles. The predicted octanol–water partition coefficient (Wildman–Crippen LogP) is 4.26. The van der Waals surface area contributed by atoms with E-state index in [2.05, 4.69) is 62.6 Å². The van der Waals surface area contributed by atoms with Crippen LogP contribution in [-0.2, 0) is 5.75 Å². The van der Waals surface area contributed by atoms with Crippen molar-refractivity contribution < 1.29 is 9.21 Å². The number of carbonyl (C=O) groups is 1. The molecule has 4 rings (SSSR count). The fourth-order valence-corrected chi connectivity index (χ4v) is 4.57. The highest BCUT2D eigenvalue weighted by Gasteiger charge is 2.18. The molecule has 1 N–H and O–H groups in total. The Morgan fingerprint density at radius 3 is 2.68 bits per heavy atom. The van der Waals surface area contributed by atoms with Crippen LogP contribution in [0.25, 0.3) is 6.08 Å². The number of hydrogen-bond donors (Lipinski definition) is 1. The standard InChI is InChI=1S/C26H31N5O2S/c1-3-27-25(32)23-12-11-22(33-23)19-34-26-28-20(2)18-24(29-26)31-16-14-30(15-17-31)13-7-10-21-8-5-4-6-9-21/h4-12,18H,3,13-17,19H2,1-2H3,(H,27,32)/b10-7+. The van der Waals surface area contributed by atoms with Crippen molar-refractivity contribution >= 4 is 29.6 Å². The molecule has 34 heavy (non-hydrogen) atoms. The van der Waals surface area contributed by atoms with Crippen LogP contribution in [0.15, 0.2) is 64.2 Å². The Labute approximate surface area is 205 Å². The zero-order chi connectivity index (χ0) is 23.8. The van der Waals surface area contributed by atoms with E-state index in [0.29, 0.717) is 18.1 Å². The third kappa shape index (κ3) is 6.71. The van der Waals surface area contributed by atoms with E-state index < -0.39 is 0 Å². The van der Waals surface area contributed by atoms with Crippen LogP contribution in [0.3, 0.4) is 0 Å². The number of furan rings is 1. The first-order chi connectivity index (χ1) is 16.6. The number of aryl methyl sites for hydroxylation is 1. The van der Waals surface area contributed by atoms with E-state index in [-0.39, 0.29) is 5.91 Å². The maximum atomic E-state index is 11.9. The van der Waals surface area contributed by atoms with Gasteiger partial charge in [-0.25, -0.2) is 9.97 Å². The van der Waals surface area contributed by atoms with Crippen LogP contribution in [0, 0.1) is 6.92 Å². The Hall–Kier alpha value is -3.10. The molecule has 0 unspecified atom stereocenters. The summed E-state index contributed by atoms with van der Waals surface area (Å²) in [5.74, 6) is 2.42. The van der Waals surface area contributed by atoms with Gasteiger partial charge >= 0.3 is 0 Å². The molecule has 0 atom stereocenters. The molecule has 178 valence electrons. The summed E-state index contributed by atoms with van der Waals surface area (Å²) < 4.78 is 5.66. The normalized spacial score (nSPS) is 14.6. The molecule has 1 fully saturated rings. The summed E-state index contributed by atoms with van der Waals surface area (Å²) in [6.45, 7) is 9.28. The first-order valence-corrected chi connectivity index (χ1v) is 12.6. The number of thioether (sulfide) groups is 1. The lowest BCUT2D eigenvalue weighted by Gasteiger charge is -2.35. The first kappa shape index (κ1) is 24.0. The minimum Gasteiger partial charge on any atom is -0.455 e. The Morgan fingerprint density at radius 2 is 1.91 bits per heavy atom. The monoisotopic (exact) mass is 477 g/mol. The highest BCUT2D eigenvalue weighted by atomic mass is 32.2. The average molecular weight is 478 g/mol. The van der Waals surface area contributed by atoms with E-state index in [4.69, 9.17) is 9.40 Å². The van der Waals surface area contributed by atoms with Gasteiger partial charge in [-0.05, 0) is 31.5 Å². The van der Waals surface area contributed by atoms with Gasteiger partial charge in [0.05, 0.1) is 5.75 Å². The summed E-state index contributed by atoms with van der Waals surface area (Å²) in [7, 11) is 0. The third-order valence-corrected chi connectivity index (χ3v) is 6.43. The van der Waals surface area contributed by atoms with Gasteiger partial charge < -0.3 is 14.6 Å². The fourth-order valence-electron chi connectivity index (χ4n) is 3.77. The molecule has 2 aromatic heterocycles. The van der Waals surface area contributed by atoms with Gasteiger partial charge in [-0.15, -0.1) is 0 Å². The molecule has 0 bridgehead atoms. The molecule has 1 aromatic carbocycles. The highest BCUT2D eigenvalue weighted by molar-refractivity contribution is 7.98. The number of hydrogen-bond acceptors (Lipinski definition) is 7. The smallest absolute Gasteiger partial charge is 0.286 e. The molecule has 0 radical (unpaired) electrons. The van der Waals surface area contributed by atoms with E-state index in [1.54, 1.807) is 6.07 Å². The lowest BCUT2D eigenvalue weighted by atomic mass is 10.2. The van der Waals surface area contributed by atoms with Crippen molar-refractivity contribution in [3.8, 4) is 0 Å². The molecular formula is C26H31N5O2S. The summed E-state index contributed by atoms with van der Waals surface area (Å²) in [6.07, 6.45) is 4.42. The maximum absolute atomic E-state index is 11.9. The molecule has 1 aliphatic heterocycles. The molecule has 1 aliphatic rings. The largest absolute Gasteiger partial charge is 0.455 e. The number of aromatic nitrogens is 2. The van der Waals surface area contributed by atoms with Crippen LogP contribution < -0.4 is 10.2 Å². The van der Waals surface area contributed by atoms with E-state index in [1.165, 1.54) is 17.3 Å².